The Balaban J connectivity index is 1.99. The molecule has 0 aliphatic carbocycles. The van der Waals surface area contributed by atoms with Crippen molar-refractivity contribution >= 4 is 17.5 Å². The van der Waals surface area contributed by atoms with E-state index in [1.54, 1.807) is 18.2 Å². The van der Waals surface area contributed by atoms with E-state index in [1.807, 2.05) is 0 Å². The largest absolute Gasteiger partial charge is 0.352 e. The zero-order chi connectivity index (χ0) is 13.1. The summed E-state index contributed by atoms with van der Waals surface area (Å²) in [6, 6.07) is 5.32. The minimum absolute atomic E-state index is 0.0117. The Bertz CT molecular complexity index is 481. The quantitative estimate of drug-likeness (QED) is 0.853. The first kappa shape index (κ1) is 12.6. The van der Waals surface area contributed by atoms with Gasteiger partial charge in [0.15, 0.2) is 0 Å². The van der Waals surface area contributed by atoms with Gasteiger partial charge in [-0.15, -0.1) is 0 Å². The van der Waals surface area contributed by atoms with Gasteiger partial charge >= 0.3 is 0 Å². The lowest BCUT2D eigenvalue weighted by Gasteiger charge is -2.08. The monoisotopic (exact) mass is 246 g/mol. The lowest BCUT2D eigenvalue weighted by Crippen LogP contribution is -2.25. The van der Waals surface area contributed by atoms with Crippen molar-refractivity contribution in [3.8, 4) is 0 Å². The summed E-state index contributed by atoms with van der Waals surface area (Å²) in [5.74, 6) is 0.493. The van der Waals surface area contributed by atoms with E-state index in [2.05, 4.69) is 24.5 Å². The summed E-state index contributed by atoms with van der Waals surface area (Å²) in [5, 5.41) is 5.64. The molecule has 1 aromatic rings. The number of rotatable bonds is 4. The lowest BCUT2D eigenvalue weighted by atomic mass is 10.1. The normalized spacial score (nSPS) is 13.4. The minimum atomic E-state index is -0.0715. The lowest BCUT2D eigenvalue weighted by molar-refractivity contribution is -0.115. The molecule has 2 amide bonds. The van der Waals surface area contributed by atoms with E-state index in [-0.39, 0.29) is 11.8 Å². The number of benzene rings is 1. The molecule has 2 rings (SSSR count). The second-order valence-corrected chi connectivity index (χ2v) is 5.04. The van der Waals surface area contributed by atoms with Crippen molar-refractivity contribution in [2.45, 2.75) is 26.7 Å². The van der Waals surface area contributed by atoms with Crippen LogP contribution in [-0.4, -0.2) is 18.4 Å². The maximum absolute atomic E-state index is 11.9. The van der Waals surface area contributed by atoms with Gasteiger partial charge in [-0.3, -0.25) is 9.59 Å². The first-order valence-electron chi connectivity index (χ1n) is 6.27. The van der Waals surface area contributed by atoms with Gasteiger partial charge < -0.3 is 10.6 Å². The van der Waals surface area contributed by atoms with E-state index >= 15 is 0 Å². The molecule has 0 saturated carbocycles. The van der Waals surface area contributed by atoms with Crippen LogP contribution in [0.4, 0.5) is 5.69 Å². The average Bonchev–Trinajstić information content (AvgIpc) is 2.67. The van der Waals surface area contributed by atoms with Gasteiger partial charge in [0.05, 0.1) is 6.42 Å². The van der Waals surface area contributed by atoms with Crippen LogP contribution in [0.3, 0.4) is 0 Å². The molecule has 0 spiro atoms. The Hall–Kier alpha value is -1.84. The molecule has 18 heavy (non-hydrogen) atoms. The predicted molar refractivity (Wildman–Crippen MR) is 70.6 cm³/mol. The third-order valence-electron chi connectivity index (χ3n) is 3.00. The molecule has 1 aliphatic heterocycles. The summed E-state index contributed by atoms with van der Waals surface area (Å²) in [7, 11) is 0. The van der Waals surface area contributed by atoms with E-state index < -0.39 is 0 Å². The molecule has 0 aromatic heterocycles. The number of amides is 2. The summed E-state index contributed by atoms with van der Waals surface area (Å²) < 4.78 is 0. The van der Waals surface area contributed by atoms with Crippen molar-refractivity contribution < 1.29 is 9.59 Å². The summed E-state index contributed by atoms with van der Waals surface area (Å²) in [5.41, 5.74) is 2.34. The standard InChI is InChI=1S/C14H18N2O2/c1-9(2)5-6-15-14(18)10-3-4-12-11(7-10)8-13(17)16-12/h3-4,7,9H,5-6,8H2,1-2H3,(H,15,18)(H,16,17). The molecule has 0 atom stereocenters. The first-order chi connectivity index (χ1) is 8.56. The van der Waals surface area contributed by atoms with Gasteiger partial charge in [-0.25, -0.2) is 0 Å². The fourth-order valence-electron chi connectivity index (χ4n) is 1.95. The molecule has 0 fully saturated rings. The Morgan fingerprint density at radius 3 is 2.94 bits per heavy atom. The van der Waals surface area contributed by atoms with Crippen LogP contribution >= 0.6 is 0 Å². The molecule has 4 heteroatoms. The predicted octanol–water partition coefficient (Wildman–Crippen LogP) is 1.96. The molecule has 0 unspecified atom stereocenters. The van der Waals surface area contributed by atoms with Gasteiger partial charge in [0, 0.05) is 17.8 Å². The molecular weight excluding hydrogens is 228 g/mol. The van der Waals surface area contributed by atoms with Gasteiger partial charge in [0.25, 0.3) is 5.91 Å². The van der Waals surface area contributed by atoms with Crippen LogP contribution in [0.5, 0.6) is 0 Å². The second kappa shape index (κ2) is 5.21. The molecule has 0 bridgehead atoms. The Labute approximate surface area is 107 Å². The zero-order valence-corrected chi connectivity index (χ0v) is 10.7. The molecule has 0 radical (unpaired) electrons. The van der Waals surface area contributed by atoms with Crippen molar-refractivity contribution in [2.75, 3.05) is 11.9 Å². The number of hydrogen-bond donors (Lipinski definition) is 2. The molecule has 0 saturated heterocycles. The van der Waals surface area contributed by atoms with Crippen LogP contribution < -0.4 is 10.6 Å². The fourth-order valence-corrected chi connectivity index (χ4v) is 1.95. The van der Waals surface area contributed by atoms with Gasteiger partial charge in [-0.1, -0.05) is 13.8 Å². The molecule has 1 aromatic carbocycles. The number of carbonyl (C=O) groups excluding carboxylic acids is 2. The van der Waals surface area contributed by atoms with Crippen molar-refractivity contribution in [3.05, 3.63) is 29.3 Å². The van der Waals surface area contributed by atoms with Crippen LogP contribution in [0.2, 0.25) is 0 Å². The van der Waals surface area contributed by atoms with Gasteiger partial charge in [-0.2, -0.15) is 0 Å². The highest BCUT2D eigenvalue weighted by molar-refractivity contribution is 6.01. The number of hydrogen-bond acceptors (Lipinski definition) is 2. The highest BCUT2D eigenvalue weighted by atomic mass is 16.2. The minimum Gasteiger partial charge on any atom is -0.352 e. The van der Waals surface area contributed by atoms with Gasteiger partial charge in [0.1, 0.15) is 0 Å². The third kappa shape index (κ3) is 2.88. The van der Waals surface area contributed by atoms with Crippen molar-refractivity contribution in [1.82, 2.24) is 5.32 Å². The molecule has 4 nitrogen and oxygen atoms in total. The average molecular weight is 246 g/mol. The van der Waals surface area contributed by atoms with E-state index in [1.165, 1.54) is 0 Å². The maximum Gasteiger partial charge on any atom is 0.251 e. The van der Waals surface area contributed by atoms with Crippen molar-refractivity contribution in [1.29, 1.82) is 0 Å². The second-order valence-electron chi connectivity index (χ2n) is 5.04. The highest BCUT2D eigenvalue weighted by Crippen LogP contribution is 2.23. The number of anilines is 1. The topological polar surface area (TPSA) is 58.2 Å². The Kier molecular flexibility index (Phi) is 3.65. The SMILES string of the molecule is CC(C)CCNC(=O)c1ccc2c(c1)CC(=O)N2. The summed E-state index contributed by atoms with van der Waals surface area (Å²) in [6.45, 7) is 4.93. The zero-order valence-electron chi connectivity index (χ0n) is 10.7. The smallest absolute Gasteiger partial charge is 0.251 e. The molecule has 96 valence electrons. The van der Waals surface area contributed by atoms with E-state index in [0.717, 1.165) is 17.7 Å². The maximum atomic E-state index is 11.9. The van der Waals surface area contributed by atoms with Gasteiger partial charge in [-0.05, 0) is 36.1 Å². The number of carbonyl (C=O) groups is 2. The number of nitrogens with one attached hydrogen (secondary N) is 2. The van der Waals surface area contributed by atoms with Crippen LogP contribution in [0.25, 0.3) is 0 Å². The summed E-state index contributed by atoms with van der Waals surface area (Å²) in [4.78, 5) is 23.1. The van der Waals surface area contributed by atoms with Crippen molar-refractivity contribution in [2.24, 2.45) is 5.92 Å². The van der Waals surface area contributed by atoms with E-state index in [0.29, 0.717) is 24.4 Å². The molecular formula is C14H18N2O2. The molecule has 1 aliphatic rings. The van der Waals surface area contributed by atoms with Crippen LogP contribution in [0.15, 0.2) is 18.2 Å². The van der Waals surface area contributed by atoms with Crippen LogP contribution in [-0.2, 0) is 11.2 Å². The Morgan fingerprint density at radius 2 is 2.22 bits per heavy atom. The summed E-state index contributed by atoms with van der Waals surface area (Å²) >= 11 is 0. The third-order valence-corrected chi connectivity index (χ3v) is 3.00. The van der Waals surface area contributed by atoms with Crippen LogP contribution in [0, 0.1) is 5.92 Å². The van der Waals surface area contributed by atoms with Crippen molar-refractivity contribution in [3.63, 3.8) is 0 Å². The summed E-state index contributed by atoms with van der Waals surface area (Å²) in [6.07, 6.45) is 1.33. The first-order valence-corrected chi connectivity index (χ1v) is 6.27. The molecule has 1 heterocycles. The van der Waals surface area contributed by atoms with Crippen LogP contribution in [0.1, 0.15) is 36.2 Å². The highest BCUT2D eigenvalue weighted by Gasteiger charge is 2.18. The molecule has 2 N–H and O–H groups in total. The van der Waals surface area contributed by atoms with E-state index in [9.17, 15) is 9.59 Å². The fraction of sp³-hybridized carbons (Fsp3) is 0.429. The Morgan fingerprint density at radius 1 is 1.44 bits per heavy atom. The van der Waals surface area contributed by atoms with Gasteiger partial charge in [0.2, 0.25) is 5.91 Å². The van der Waals surface area contributed by atoms with E-state index in [4.69, 9.17) is 0 Å². The number of fused-ring (bicyclic) bond motifs is 1.